The van der Waals surface area contributed by atoms with Crippen LogP contribution in [0.25, 0.3) is 0 Å². The van der Waals surface area contributed by atoms with Crippen molar-refractivity contribution in [2.24, 2.45) is 0 Å². The quantitative estimate of drug-likeness (QED) is 0.562. The Kier molecular flexibility index (Phi) is 6.08. The summed E-state index contributed by atoms with van der Waals surface area (Å²) in [7, 11) is 0. The van der Waals surface area contributed by atoms with Crippen LogP contribution in [0.2, 0.25) is 0 Å². The van der Waals surface area contributed by atoms with Gasteiger partial charge in [-0.1, -0.05) is 22.0 Å². The van der Waals surface area contributed by atoms with Gasteiger partial charge in [-0.15, -0.1) is 11.3 Å². The number of benzene rings is 1. The first-order valence-electron chi connectivity index (χ1n) is 9.65. The lowest BCUT2D eigenvalue weighted by Crippen LogP contribution is -2.36. The number of hydrogen-bond donors (Lipinski definition) is 1. The van der Waals surface area contributed by atoms with Crippen LogP contribution in [0.5, 0.6) is 0 Å². The van der Waals surface area contributed by atoms with Crippen molar-refractivity contribution in [3.8, 4) is 0 Å². The summed E-state index contributed by atoms with van der Waals surface area (Å²) in [5, 5.41) is 5.22. The molecule has 3 heterocycles. The van der Waals surface area contributed by atoms with E-state index in [1.807, 2.05) is 31.2 Å². The standard InChI is InChI=1S/C22H24BrN3O2S/c1-15-12-19(16(2)26(15)14-18-4-3-11-29-18)22(27)24-20-13-17(23)5-6-21(20)25-7-9-28-10-8-25/h3-6,11-13H,7-10,14H2,1-2H3,(H,24,27). The van der Waals surface area contributed by atoms with Crippen molar-refractivity contribution < 1.29 is 9.53 Å². The van der Waals surface area contributed by atoms with E-state index in [9.17, 15) is 4.79 Å². The topological polar surface area (TPSA) is 46.5 Å². The maximum atomic E-state index is 13.2. The molecule has 1 saturated heterocycles. The molecule has 29 heavy (non-hydrogen) atoms. The molecule has 0 unspecified atom stereocenters. The monoisotopic (exact) mass is 473 g/mol. The fraction of sp³-hybridized carbons (Fsp3) is 0.318. The summed E-state index contributed by atoms with van der Waals surface area (Å²) < 4.78 is 8.61. The molecule has 1 aromatic carbocycles. The zero-order valence-corrected chi connectivity index (χ0v) is 19.0. The van der Waals surface area contributed by atoms with Crippen molar-refractivity contribution in [2.75, 3.05) is 36.5 Å². The van der Waals surface area contributed by atoms with Crippen molar-refractivity contribution in [2.45, 2.75) is 20.4 Å². The van der Waals surface area contributed by atoms with Gasteiger partial charge in [0, 0.05) is 33.8 Å². The summed E-state index contributed by atoms with van der Waals surface area (Å²) >= 11 is 5.26. The molecule has 5 nitrogen and oxygen atoms in total. The summed E-state index contributed by atoms with van der Waals surface area (Å²) in [5.74, 6) is -0.0804. The van der Waals surface area contributed by atoms with Gasteiger partial charge in [0.25, 0.3) is 5.91 Å². The van der Waals surface area contributed by atoms with Gasteiger partial charge in [0.2, 0.25) is 0 Å². The highest BCUT2D eigenvalue weighted by Crippen LogP contribution is 2.31. The van der Waals surface area contributed by atoms with E-state index < -0.39 is 0 Å². The van der Waals surface area contributed by atoms with Gasteiger partial charge in [0.05, 0.1) is 36.7 Å². The van der Waals surface area contributed by atoms with E-state index in [0.29, 0.717) is 18.8 Å². The van der Waals surface area contributed by atoms with Gasteiger partial charge in [-0.25, -0.2) is 0 Å². The molecule has 0 aliphatic carbocycles. The van der Waals surface area contributed by atoms with Gasteiger partial charge < -0.3 is 19.5 Å². The predicted molar refractivity (Wildman–Crippen MR) is 122 cm³/mol. The molecule has 0 bridgehead atoms. The number of morpholine rings is 1. The molecule has 1 aliphatic rings. The van der Waals surface area contributed by atoms with Crippen LogP contribution in [-0.4, -0.2) is 36.8 Å². The normalized spacial score (nSPS) is 14.2. The van der Waals surface area contributed by atoms with Crippen LogP contribution in [0.3, 0.4) is 0 Å². The number of carbonyl (C=O) groups is 1. The molecule has 0 radical (unpaired) electrons. The Bertz CT molecular complexity index is 1010. The first kappa shape index (κ1) is 20.2. The number of rotatable bonds is 5. The second-order valence-corrected chi connectivity index (χ2v) is 9.11. The fourth-order valence-corrected chi connectivity index (χ4v) is 4.76. The van der Waals surface area contributed by atoms with Crippen molar-refractivity contribution in [3.05, 3.63) is 68.1 Å². The molecule has 1 amide bonds. The number of anilines is 2. The van der Waals surface area contributed by atoms with Crippen molar-refractivity contribution in [1.82, 2.24) is 4.57 Å². The van der Waals surface area contributed by atoms with Gasteiger partial charge in [0.1, 0.15) is 0 Å². The molecule has 7 heteroatoms. The highest BCUT2D eigenvalue weighted by molar-refractivity contribution is 9.10. The Morgan fingerprint density at radius 2 is 2.00 bits per heavy atom. The molecule has 0 saturated carbocycles. The maximum Gasteiger partial charge on any atom is 0.257 e. The van der Waals surface area contributed by atoms with Crippen molar-refractivity contribution in [1.29, 1.82) is 0 Å². The van der Waals surface area contributed by atoms with E-state index in [1.165, 1.54) is 4.88 Å². The molecule has 0 spiro atoms. The van der Waals surface area contributed by atoms with Crippen LogP contribution in [-0.2, 0) is 11.3 Å². The number of nitrogens with one attached hydrogen (secondary N) is 1. The Morgan fingerprint density at radius 1 is 1.21 bits per heavy atom. The number of halogens is 1. The van der Waals surface area contributed by atoms with Gasteiger partial charge in [-0.2, -0.15) is 0 Å². The molecule has 152 valence electrons. The number of hydrogen-bond acceptors (Lipinski definition) is 4. The van der Waals surface area contributed by atoms with Gasteiger partial charge >= 0.3 is 0 Å². The lowest BCUT2D eigenvalue weighted by Gasteiger charge is -2.30. The van der Waals surface area contributed by atoms with Crippen LogP contribution in [0.15, 0.2) is 46.3 Å². The average Bonchev–Trinajstić information content (AvgIpc) is 3.32. The first-order chi connectivity index (χ1) is 14.0. The van der Waals surface area contributed by atoms with E-state index >= 15 is 0 Å². The Morgan fingerprint density at radius 3 is 2.72 bits per heavy atom. The van der Waals surface area contributed by atoms with Crippen LogP contribution in [0.1, 0.15) is 26.6 Å². The zero-order valence-electron chi connectivity index (χ0n) is 16.6. The summed E-state index contributed by atoms with van der Waals surface area (Å²) in [5.41, 5.74) is 4.62. The summed E-state index contributed by atoms with van der Waals surface area (Å²) in [4.78, 5) is 16.7. The van der Waals surface area contributed by atoms with Gasteiger partial charge in [-0.3, -0.25) is 4.79 Å². The average molecular weight is 474 g/mol. The number of aromatic nitrogens is 1. The molecule has 1 N–H and O–H groups in total. The molecule has 1 aliphatic heterocycles. The first-order valence-corrected chi connectivity index (χ1v) is 11.3. The lowest BCUT2D eigenvalue weighted by molar-refractivity contribution is 0.102. The zero-order chi connectivity index (χ0) is 20.4. The number of ether oxygens (including phenoxy) is 1. The fourth-order valence-electron chi connectivity index (χ4n) is 3.71. The summed E-state index contributed by atoms with van der Waals surface area (Å²) in [6.07, 6.45) is 0. The molecule has 4 rings (SSSR count). The van der Waals surface area contributed by atoms with Crippen LogP contribution < -0.4 is 10.2 Å². The molecule has 2 aromatic heterocycles. The van der Waals surface area contributed by atoms with Gasteiger partial charge in [-0.05, 0) is 49.6 Å². The predicted octanol–water partition coefficient (Wildman–Crippen LogP) is 5.07. The van der Waals surface area contributed by atoms with E-state index in [4.69, 9.17) is 4.74 Å². The maximum absolute atomic E-state index is 13.2. The van der Waals surface area contributed by atoms with Crippen molar-refractivity contribution in [3.63, 3.8) is 0 Å². The summed E-state index contributed by atoms with van der Waals surface area (Å²) in [6.45, 7) is 7.90. The third kappa shape index (κ3) is 4.42. The number of carbonyl (C=O) groups excluding carboxylic acids is 1. The Hall–Kier alpha value is -2.09. The van der Waals surface area contributed by atoms with E-state index in [1.54, 1.807) is 11.3 Å². The van der Waals surface area contributed by atoms with Gasteiger partial charge in [0.15, 0.2) is 0 Å². The minimum atomic E-state index is -0.0804. The second-order valence-electron chi connectivity index (χ2n) is 7.17. The lowest BCUT2D eigenvalue weighted by atomic mass is 10.2. The molecule has 1 fully saturated rings. The largest absolute Gasteiger partial charge is 0.378 e. The highest BCUT2D eigenvalue weighted by atomic mass is 79.9. The van der Waals surface area contributed by atoms with E-state index in [0.717, 1.165) is 46.9 Å². The third-order valence-electron chi connectivity index (χ3n) is 5.27. The molecular weight excluding hydrogens is 450 g/mol. The van der Waals surface area contributed by atoms with Crippen LogP contribution in [0.4, 0.5) is 11.4 Å². The SMILES string of the molecule is Cc1cc(C(=O)Nc2cc(Br)ccc2N2CCOCC2)c(C)n1Cc1cccs1. The third-order valence-corrected chi connectivity index (χ3v) is 6.63. The van der Waals surface area contributed by atoms with Crippen LogP contribution >= 0.6 is 27.3 Å². The Balaban J connectivity index is 1.59. The molecule has 0 atom stereocenters. The minimum Gasteiger partial charge on any atom is -0.378 e. The van der Waals surface area contributed by atoms with Crippen LogP contribution in [0, 0.1) is 13.8 Å². The Labute approximate surface area is 183 Å². The number of nitrogens with zero attached hydrogens (tertiary/aromatic N) is 2. The van der Waals surface area contributed by atoms with E-state index in [2.05, 4.69) is 55.2 Å². The van der Waals surface area contributed by atoms with Crippen molar-refractivity contribution >= 4 is 44.5 Å². The number of amides is 1. The van der Waals surface area contributed by atoms with E-state index in [-0.39, 0.29) is 5.91 Å². The minimum absolute atomic E-state index is 0.0804. The number of thiophene rings is 1. The highest BCUT2D eigenvalue weighted by Gasteiger charge is 2.20. The number of aryl methyl sites for hydroxylation is 1. The molecular formula is C22H24BrN3O2S. The summed E-state index contributed by atoms with van der Waals surface area (Å²) in [6, 6.07) is 12.2. The smallest absolute Gasteiger partial charge is 0.257 e. The second kappa shape index (κ2) is 8.73. The molecule has 3 aromatic rings.